The van der Waals surface area contributed by atoms with Gasteiger partial charge in [0, 0.05) is 11.6 Å². The average molecular weight is 302 g/mol. The first-order chi connectivity index (χ1) is 10.1. The number of hydrogen-bond donors (Lipinski definition) is 1. The van der Waals surface area contributed by atoms with E-state index >= 15 is 0 Å². The van der Waals surface area contributed by atoms with E-state index in [0.717, 1.165) is 16.8 Å². The summed E-state index contributed by atoms with van der Waals surface area (Å²) in [7, 11) is 0. The van der Waals surface area contributed by atoms with Crippen molar-refractivity contribution < 1.29 is 4.39 Å². The van der Waals surface area contributed by atoms with Gasteiger partial charge in [0.1, 0.15) is 11.6 Å². The van der Waals surface area contributed by atoms with E-state index < -0.39 is 0 Å². The zero-order chi connectivity index (χ0) is 15.0. The van der Waals surface area contributed by atoms with Crippen LogP contribution in [0.3, 0.4) is 0 Å². The number of nitrogens with zero attached hydrogens (tertiary/aromatic N) is 2. The molecule has 3 aromatic rings. The number of hydrogen-bond acceptors (Lipinski definition) is 2. The van der Waals surface area contributed by atoms with Gasteiger partial charge in [-0.1, -0.05) is 29.8 Å². The molecule has 0 aliphatic rings. The van der Waals surface area contributed by atoms with Crippen LogP contribution >= 0.6 is 11.6 Å². The highest BCUT2D eigenvalue weighted by Gasteiger charge is 2.12. The van der Waals surface area contributed by atoms with E-state index in [1.807, 2.05) is 25.1 Å². The molecule has 0 atom stereocenters. The number of halogens is 2. The van der Waals surface area contributed by atoms with Crippen LogP contribution in [-0.4, -0.2) is 9.78 Å². The molecule has 0 radical (unpaired) electrons. The Labute approximate surface area is 126 Å². The Kier molecular flexibility index (Phi) is 3.39. The fraction of sp³-hybridized carbons (Fsp3) is 0.0625. The Morgan fingerprint density at radius 1 is 1.14 bits per heavy atom. The lowest BCUT2D eigenvalue weighted by Gasteiger charge is -2.07. The maximum atomic E-state index is 13.2. The zero-order valence-corrected chi connectivity index (χ0v) is 12.1. The van der Waals surface area contributed by atoms with Gasteiger partial charge in [-0.25, -0.2) is 9.07 Å². The largest absolute Gasteiger partial charge is 0.384 e. The van der Waals surface area contributed by atoms with Crippen molar-refractivity contribution in [1.29, 1.82) is 0 Å². The van der Waals surface area contributed by atoms with Crippen LogP contribution in [0.1, 0.15) is 5.56 Å². The van der Waals surface area contributed by atoms with Crippen LogP contribution in [-0.2, 0) is 0 Å². The number of nitrogens with two attached hydrogens (primary N) is 1. The lowest BCUT2D eigenvalue weighted by Crippen LogP contribution is -2.03. The van der Waals surface area contributed by atoms with E-state index in [1.54, 1.807) is 22.9 Å². The Morgan fingerprint density at radius 3 is 2.62 bits per heavy atom. The van der Waals surface area contributed by atoms with Crippen LogP contribution in [0.15, 0.2) is 48.5 Å². The second kappa shape index (κ2) is 5.22. The molecule has 0 aliphatic carbocycles. The van der Waals surface area contributed by atoms with Gasteiger partial charge in [-0.2, -0.15) is 5.10 Å². The van der Waals surface area contributed by atoms with Crippen molar-refractivity contribution in [3.05, 3.63) is 64.9 Å². The minimum absolute atomic E-state index is 0.284. The van der Waals surface area contributed by atoms with Crippen LogP contribution in [0, 0.1) is 12.7 Å². The Bertz CT molecular complexity index is 811. The number of nitrogen functional groups attached to an aromatic ring is 1. The van der Waals surface area contributed by atoms with Gasteiger partial charge in [-0.15, -0.1) is 0 Å². The summed E-state index contributed by atoms with van der Waals surface area (Å²) in [4.78, 5) is 0. The van der Waals surface area contributed by atoms with Gasteiger partial charge in [0.15, 0.2) is 0 Å². The number of rotatable bonds is 2. The van der Waals surface area contributed by atoms with Gasteiger partial charge < -0.3 is 5.73 Å². The zero-order valence-electron chi connectivity index (χ0n) is 11.3. The smallest absolute Gasteiger partial charge is 0.127 e. The SMILES string of the molecule is Cc1cc(F)ccc1-n1nc(-c2ccccc2Cl)cc1N. The van der Waals surface area contributed by atoms with Crippen molar-refractivity contribution in [2.24, 2.45) is 0 Å². The first-order valence-electron chi connectivity index (χ1n) is 6.43. The van der Waals surface area contributed by atoms with Crippen molar-refractivity contribution in [2.75, 3.05) is 5.73 Å². The normalized spacial score (nSPS) is 10.8. The predicted molar refractivity (Wildman–Crippen MR) is 83.1 cm³/mol. The molecule has 1 heterocycles. The molecule has 2 N–H and O–H groups in total. The van der Waals surface area contributed by atoms with Crippen molar-refractivity contribution in [1.82, 2.24) is 9.78 Å². The van der Waals surface area contributed by atoms with Crippen LogP contribution in [0.4, 0.5) is 10.2 Å². The molecule has 0 fully saturated rings. The third kappa shape index (κ3) is 2.50. The lowest BCUT2D eigenvalue weighted by molar-refractivity contribution is 0.625. The van der Waals surface area contributed by atoms with Gasteiger partial charge in [-0.05, 0) is 36.8 Å². The Hall–Kier alpha value is -2.33. The van der Waals surface area contributed by atoms with Gasteiger partial charge in [0.05, 0.1) is 16.4 Å². The van der Waals surface area contributed by atoms with Gasteiger partial charge >= 0.3 is 0 Å². The molecule has 0 spiro atoms. The minimum Gasteiger partial charge on any atom is -0.384 e. The number of anilines is 1. The number of aryl methyl sites for hydroxylation is 1. The summed E-state index contributed by atoms with van der Waals surface area (Å²) in [5, 5.41) is 5.10. The molecule has 0 amide bonds. The van der Waals surface area contributed by atoms with E-state index in [0.29, 0.717) is 16.5 Å². The molecule has 0 saturated heterocycles. The quantitative estimate of drug-likeness (QED) is 0.770. The number of benzene rings is 2. The van der Waals surface area contributed by atoms with Gasteiger partial charge in [0.25, 0.3) is 0 Å². The van der Waals surface area contributed by atoms with E-state index in [4.69, 9.17) is 17.3 Å². The Morgan fingerprint density at radius 2 is 1.90 bits per heavy atom. The summed E-state index contributed by atoms with van der Waals surface area (Å²) in [6.07, 6.45) is 0. The molecule has 2 aromatic carbocycles. The molecule has 0 bridgehead atoms. The second-order valence-electron chi connectivity index (χ2n) is 4.78. The van der Waals surface area contributed by atoms with Crippen LogP contribution in [0.25, 0.3) is 16.9 Å². The lowest BCUT2D eigenvalue weighted by atomic mass is 10.1. The summed E-state index contributed by atoms with van der Waals surface area (Å²) in [5.74, 6) is 0.188. The van der Waals surface area contributed by atoms with Gasteiger partial charge in [0.2, 0.25) is 0 Å². The fourth-order valence-corrected chi connectivity index (χ4v) is 2.48. The van der Waals surface area contributed by atoms with E-state index in [9.17, 15) is 4.39 Å². The summed E-state index contributed by atoms with van der Waals surface area (Å²) < 4.78 is 14.8. The molecular weight excluding hydrogens is 289 g/mol. The maximum absolute atomic E-state index is 13.2. The van der Waals surface area contributed by atoms with E-state index in [-0.39, 0.29) is 5.82 Å². The van der Waals surface area contributed by atoms with Crippen molar-refractivity contribution in [3.63, 3.8) is 0 Å². The standard InChI is InChI=1S/C16H13ClFN3/c1-10-8-11(18)6-7-15(10)21-16(19)9-14(20-21)12-4-2-3-5-13(12)17/h2-9H,19H2,1H3. The third-order valence-electron chi connectivity index (χ3n) is 3.27. The highest BCUT2D eigenvalue weighted by molar-refractivity contribution is 6.33. The van der Waals surface area contributed by atoms with Gasteiger partial charge in [-0.3, -0.25) is 0 Å². The molecule has 0 saturated carbocycles. The summed E-state index contributed by atoms with van der Waals surface area (Å²) in [6.45, 7) is 1.81. The van der Waals surface area contributed by atoms with Crippen LogP contribution in [0.2, 0.25) is 5.02 Å². The predicted octanol–water partition coefficient (Wildman–Crippen LogP) is 4.22. The summed E-state index contributed by atoms with van der Waals surface area (Å²) in [5.41, 5.74) is 9.03. The molecule has 5 heteroatoms. The second-order valence-corrected chi connectivity index (χ2v) is 5.18. The number of aromatic nitrogens is 2. The van der Waals surface area contributed by atoms with Crippen LogP contribution < -0.4 is 5.73 Å². The highest BCUT2D eigenvalue weighted by Crippen LogP contribution is 2.29. The topological polar surface area (TPSA) is 43.8 Å². The molecule has 0 aliphatic heterocycles. The third-order valence-corrected chi connectivity index (χ3v) is 3.60. The molecule has 1 aromatic heterocycles. The summed E-state index contributed by atoms with van der Waals surface area (Å²) >= 11 is 6.18. The molecule has 0 unspecified atom stereocenters. The average Bonchev–Trinajstić information content (AvgIpc) is 2.81. The minimum atomic E-state index is -0.284. The Balaban J connectivity index is 2.12. The molecule has 3 rings (SSSR count). The van der Waals surface area contributed by atoms with E-state index in [1.165, 1.54) is 12.1 Å². The molecule has 3 nitrogen and oxygen atoms in total. The highest BCUT2D eigenvalue weighted by atomic mass is 35.5. The molecular formula is C16H13ClFN3. The van der Waals surface area contributed by atoms with E-state index in [2.05, 4.69) is 5.10 Å². The first kappa shape index (κ1) is 13.6. The molecule has 106 valence electrons. The molecule has 21 heavy (non-hydrogen) atoms. The van der Waals surface area contributed by atoms with Crippen molar-refractivity contribution >= 4 is 17.4 Å². The maximum Gasteiger partial charge on any atom is 0.127 e. The van der Waals surface area contributed by atoms with Crippen molar-refractivity contribution in [2.45, 2.75) is 6.92 Å². The fourth-order valence-electron chi connectivity index (χ4n) is 2.25. The van der Waals surface area contributed by atoms with Crippen molar-refractivity contribution in [3.8, 4) is 16.9 Å². The first-order valence-corrected chi connectivity index (χ1v) is 6.81. The monoisotopic (exact) mass is 301 g/mol. The van der Waals surface area contributed by atoms with Crippen LogP contribution in [0.5, 0.6) is 0 Å². The summed E-state index contributed by atoms with van der Waals surface area (Å²) in [6, 6.07) is 13.7.